The lowest BCUT2D eigenvalue weighted by Gasteiger charge is -2.09. The van der Waals surface area contributed by atoms with Gasteiger partial charge in [-0.1, -0.05) is 95.7 Å². The van der Waals surface area contributed by atoms with Gasteiger partial charge in [0.15, 0.2) is 5.75 Å². The Morgan fingerprint density at radius 1 is 0.811 bits per heavy atom. The normalized spacial score (nSPS) is 11.5. The molecule has 37 heavy (non-hydrogen) atoms. The van der Waals surface area contributed by atoms with Crippen LogP contribution in [0.4, 0.5) is 5.13 Å². The van der Waals surface area contributed by atoms with Gasteiger partial charge in [0.25, 0.3) is 0 Å². The van der Waals surface area contributed by atoms with E-state index in [9.17, 15) is 8.42 Å². The first kappa shape index (κ1) is 24.7. The predicted octanol–water partition coefficient (Wildman–Crippen LogP) is 7.34. The topological polar surface area (TPSA) is 80.7 Å². The second kappa shape index (κ2) is 11.0. The van der Waals surface area contributed by atoms with E-state index in [0.717, 1.165) is 21.7 Å². The average Bonchev–Trinajstić information content (AvgIpc) is 3.35. The average molecular weight is 546 g/mol. The minimum Gasteiger partial charge on any atom is -0.378 e. The van der Waals surface area contributed by atoms with E-state index in [2.05, 4.69) is 10.5 Å². The molecule has 0 aliphatic heterocycles. The summed E-state index contributed by atoms with van der Waals surface area (Å²) in [5.74, 6) is 0.169. The Bertz CT molecular complexity index is 1640. The van der Waals surface area contributed by atoms with Crippen LogP contribution >= 0.6 is 22.9 Å². The van der Waals surface area contributed by atoms with E-state index in [1.807, 2.05) is 54.6 Å². The fourth-order valence-corrected chi connectivity index (χ4v) is 5.57. The maximum Gasteiger partial charge on any atom is 0.339 e. The molecule has 0 aliphatic rings. The summed E-state index contributed by atoms with van der Waals surface area (Å²) >= 11 is 7.54. The Morgan fingerprint density at radius 2 is 1.46 bits per heavy atom. The van der Waals surface area contributed by atoms with Crippen LogP contribution in [0.5, 0.6) is 5.75 Å². The van der Waals surface area contributed by atoms with Crippen molar-refractivity contribution in [2.45, 2.75) is 4.90 Å². The zero-order valence-electron chi connectivity index (χ0n) is 19.3. The fourth-order valence-electron chi connectivity index (χ4n) is 3.53. The number of hydrazone groups is 1. The third kappa shape index (κ3) is 5.89. The number of hydrogen-bond acceptors (Lipinski definition) is 7. The van der Waals surface area contributed by atoms with Crippen LogP contribution in [0.2, 0.25) is 5.02 Å². The molecule has 0 unspecified atom stereocenters. The maximum atomic E-state index is 12.7. The SMILES string of the molecule is O=S(=O)(Oc1ccccc1/C=N/Nc1nc(-c2ccccc2)c(-c2ccc(Cl)cc2)s1)c1ccccc1. The first-order valence-corrected chi connectivity index (χ1v) is 13.8. The predicted molar refractivity (Wildman–Crippen MR) is 150 cm³/mol. The Kier molecular flexibility index (Phi) is 7.32. The van der Waals surface area contributed by atoms with Gasteiger partial charge in [-0.25, -0.2) is 4.98 Å². The van der Waals surface area contributed by atoms with Gasteiger partial charge in [0.1, 0.15) is 4.90 Å². The van der Waals surface area contributed by atoms with Crippen LogP contribution in [0.3, 0.4) is 0 Å². The Hall–Kier alpha value is -3.98. The van der Waals surface area contributed by atoms with Crippen LogP contribution in [0.25, 0.3) is 21.7 Å². The van der Waals surface area contributed by atoms with E-state index >= 15 is 0 Å². The standard InChI is InChI=1S/C28H20ClN3O3S2/c29-23-17-15-21(16-18-23)27-26(20-9-3-1-4-10-20)31-28(36-27)32-30-19-22-11-7-8-14-25(22)35-37(33,34)24-12-5-2-6-13-24/h1-19H,(H,31,32)/b30-19+. The number of aromatic nitrogens is 1. The zero-order valence-corrected chi connectivity index (χ0v) is 21.7. The second-order valence-electron chi connectivity index (χ2n) is 7.83. The van der Waals surface area contributed by atoms with Crippen molar-refractivity contribution in [1.29, 1.82) is 0 Å². The molecule has 1 N–H and O–H groups in total. The lowest BCUT2D eigenvalue weighted by atomic mass is 10.1. The van der Waals surface area contributed by atoms with Crippen LogP contribution in [0.15, 0.2) is 119 Å². The molecule has 0 aliphatic carbocycles. The van der Waals surface area contributed by atoms with Crippen molar-refractivity contribution in [2.75, 3.05) is 5.43 Å². The third-order valence-corrected chi connectivity index (χ3v) is 7.80. The molecule has 1 aromatic heterocycles. The van der Waals surface area contributed by atoms with E-state index < -0.39 is 10.1 Å². The lowest BCUT2D eigenvalue weighted by molar-refractivity contribution is 0.485. The van der Waals surface area contributed by atoms with Gasteiger partial charge in [0, 0.05) is 16.1 Å². The summed E-state index contributed by atoms with van der Waals surface area (Å²) in [6, 6.07) is 32.3. The molecule has 0 saturated heterocycles. The van der Waals surface area contributed by atoms with Crippen LogP contribution in [0.1, 0.15) is 5.56 Å². The highest BCUT2D eigenvalue weighted by atomic mass is 35.5. The summed E-state index contributed by atoms with van der Waals surface area (Å²) in [4.78, 5) is 5.81. The molecule has 0 bridgehead atoms. The quantitative estimate of drug-likeness (QED) is 0.125. The molecular weight excluding hydrogens is 526 g/mol. The number of halogens is 1. The molecule has 184 valence electrons. The Balaban J connectivity index is 1.41. The van der Waals surface area contributed by atoms with Crippen molar-refractivity contribution in [3.05, 3.63) is 120 Å². The van der Waals surface area contributed by atoms with Crippen molar-refractivity contribution < 1.29 is 12.6 Å². The van der Waals surface area contributed by atoms with Gasteiger partial charge in [0.2, 0.25) is 5.13 Å². The molecule has 0 atom stereocenters. The van der Waals surface area contributed by atoms with E-state index in [-0.39, 0.29) is 10.6 Å². The summed E-state index contributed by atoms with van der Waals surface area (Å²) in [5.41, 5.74) is 6.25. The molecule has 0 radical (unpaired) electrons. The van der Waals surface area contributed by atoms with E-state index in [0.29, 0.717) is 15.7 Å². The van der Waals surface area contributed by atoms with Crippen molar-refractivity contribution in [3.63, 3.8) is 0 Å². The minimum absolute atomic E-state index is 0.0748. The van der Waals surface area contributed by atoms with Crippen molar-refractivity contribution in [3.8, 4) is 27.4 Å². The smallest absolute Gasteiger partial charge is 0.339 e. The molecule has 0 spiro atoms. The highest BCUT2D eigenvalue weighted by molar-refractivity contribution is 7.87. The Labute approximate surface area is 224 Å². The lowest BCUT2D eigenvalue weighted by Crippen LogP contribution is -2.10. The van der Waals surface area contributed by atoms with Crippen LogP contribution in [0, 0.1) is 0 Å². The molecule has 5 aromatic rings. The molecule has 1 heterocycles. The van der Waals surface area contributed by atoms with Gasteiger partial charge >= 0.3 is 10.1 Å². The monoisotopic (exact) mass is 545 g/mol. The summed E-state index contributed by atoms with van der Waals surface area (Å²) in [7, 11) is -3.98. The van der Waals surface area contributed by atoms with Gasteiger partial charge in [-0.05, 0) is 42.0 Å². The zero-order chi connectivity index (χ0) is 25.7. The number of rotatable bonds is 8. The number of para-hydroxylation sites is 1. The largest absolute Gasteiger partial charge is 0.378 e. The first-order valence-electron chi connectivity index (χ1n) is 11.2. The summed E-state index contributed by atoms with van der Waals surface area (Å²) in [5, 5.41) is 5.55. The Morgan fingerprint density at radius 3 is 2.19 bits per heavy atom. The molecule has 5 rings (SSSR count). The molecular formula is C28H20ClN3O3S2. The molecule has 0 amide bonds. The van der Waals surface area contributed by atoms with E-state index in [1.165, 1.54) is 29.7 Å². The summed E-state index contributed by atoms with van der Waals surface area (Å²) in [6.45, 7) is 0. The number of thiazole rings is 1. The van der Waals surface area contributed by atoms with Crippen molar-refractivity contribution in [1.82, 2.24) is 4.98 Å². The molecule has 0 saturated carbocycles. The van der Waals surface area contributed by atoms with Crippen LogP contribution < -0.4 is 9.61 Å². The van der Waals surface area contributed by atoms with E-state index in [4.69, 9.17) is 20.8 Å². The fraction of sp³-hybridized carbons (Fsp3) is 0. The number of nitrogens with one attached hydrogen (secondary N) is 1. The van der Waals surface area contributed by atoms with Crippen molar-refractivity contribution in [2.24, 2.45) is 5.10 Å². The van der Waals surface area contributed by atoms with Gasteiger partial charge in [-0.2, -0.15) is 13.5 Å². The minimum atomic E-state index is -3.98. The molecule has 0 fully saturated rings. The first-order chi connectivity index (χ1) is 18.0. The second-order valence-corrected chi connectivity index (χ2v) is 10.8. The van der Waals surface area contributed by atoms with Gasteiger partial charge in [0.05, 0.1) is 16.8 Å². The number of anilines is 1. The maximum absolute atomic E-state index is 12.7. The highest BCUT2D eigenvalue weighted by Gasteiger charge is 2.18. The van der Waals surface area contributed by atoms with Gasteiger partial charge in [-0.3, -0.25) is 5.43 Å². The third-order valence-electron chi connectivity index (χ3n) is 5.30. The summed E-state index contributed by atoms with van der Waals surface area (Å²) in [6.07, 6.45) is 1.50. The molecule has 9 heteroatoms. The number of benzene rings is 4. The highest BCUT2D eigenvalue weighted by Crippen LogP contribution is 2.39. The van der Waals surface area contributed by atoms with Gasteiger partial charge < -0.3 is 4.18 Å². The molecule has 6 nitrogen and oxygen atoms in total. The molecule has 4 aromatic carbocycles. The number of hydrogen-bond donors (Lipinski definition) is 1. The van der Waals surface area contributed by atoms with Crippen molar-refractivity contribution >= 4 is 44.4 Å². The van der Waals surface area contributed by atoms with Crippen LogP contribution in [-0.2, 0) is 10.1 Å². The van der Waals surface area contributed by atoms with Gasteiger partial charge in [-0.15, -0.1) is 0 Å². The number of nitrogens with zero attached hydrogens (tertiary/aromatic N) is 2. The summed E-state index contributed by atoms with van der Waals surface area (Å²) < 4.78 is 30.8. The van der Waals surface area contributed by atoms with E-state index in [1.54, 1.807) is 42.5 Å². The van der Waals surface area contributed by atoms with Crippen LogP contribution in [-0.4, -0.2) is 19.6 Å².